The molecule has 0 aromatic heterocycles. The maximum Gasteiger partial charge on any atom is 0.262 e. The zero-order valence-corrected chi connectivity index (χ0v) is 21.1. The molecule has 1 amide bonds. The van der Waals surface area contributed by atoms with Gasteiger partial charge in [-0.1, -0.05) is 6.07 Å². The molecule has 2 N–H and O–H groups in total. The number of rotatable bonds is 7. The third-order valence-electron chi connectivity index (χ3n) is 7.21. The first-order valence-corrected chi connectivity index (χ1v) is 13.9. The Morgan fingerprint density at radius 1 is 1.17 bits per heavy atom. The quantitative estimate of drug-likeness (QED) is 0.582. The molecule has 3 aliphatic heterocycles. The second kappa shape index (κ2) is 10.3. The molecule has 9 nitrogen and oxygen atoms in total. The van der Waals surface area contributed by atoms with Crippen LogP contribution < -0.4 is 14.2 Å². The van der Waals surface area contributed by atoms with Crippen LogP contribution in [0.4, 0.5) is 5.69 Å². The Kier molecular flexibility index (Phi) is 7.09. The van der Waals surface area contributed by atoms with Gasteiger partial charge in [0, 0.05) is 36.3 Å². The smallest absolute Gasteiger partial charge is 0.262 e. The highest BCUT2D eigenvalue weighted by Crippen LogP contribution is 2.47. The summed E-state index contributed by atoms with van der Waals surface area (Å²) in [5.41, 5.74) is 1.26. The number of fused-ring (bicyclic) bond motifs is 3. The molecule has 10 heteroatoms. The minimum atomic E-state index is -3.83. The summed E-state index contributed by atoms with van der Waals surface area (Å²) < 4.78 is 46.0. The van der Waals surface area contributed by atoms with E-state index in [2.05, 4.69) is 4.72 Å². The number of sulfonamides is 1. The largest absolute Gasteiger partial charge is 0.497 e. The first-order chi connectivity index (χ1) is 17.4. The van der Waals surface area contributed by atoms with E-state index in [1.807, 2.05) is 4.90 Å². The molecule has 0 unspecified atom stereocenters. The number of carbonyl (C=O) groups excluding carboxylic acids is 1. The lowest BCUT2D eigenvalue weighted by Crippen LogP contribution is -2.48. The van der Waals surface area contributed by atoms with E-state index in [1.165, 1.54) is 19.2 Å². The third-order valence-corrected chi connectivity index (χ3v) is 8.59. The zero-order chi connectivity index (χ0) is 25.3. The highest BCUT2D eigenvalue weighted by molar-refractivity contribution is 7.92. The predicted molar refractivity (Wildman–Crippen MR) is 133 cm³/mol. The molecule has 36 heavy (non-hydrogen) atoms. The van der Waals surface area contributed by atoms with E-state index in [0.29, 0.717) is 23.6 Å². The Balaban J connectivity index is 1.34. The molecule has 3 aliphatic rings. The van der Waals surface area contributed by atoms with Gasteiger partial charge in [0.05, 0.1) is 31.1 Å². The number of carbonyl (C=O) groups is 1. The van der Waals surface area contributed by atoms with E-state index in [4.69, 9.17) is 14.2 Å². The summed E-state index contributed by atoms with van der Waals surface area (Å²) in [5, 5.41) is 9.99. The lowest BCUT2D eigenvalue weighted by molar-refractivity contribution is -0.149. The van der Waals surface area contributed by atoms with Gasteiger partial charge in [0.1, 0.15) is 23.7 Å². The Morgan fingerprint density at radius 2 is 1.97 bits per heavy atom. The van der Waals surface area contributed by atoms with Gasteiger partial charge in [0.15, 0.2) is 0 Å². The Labute approximate surface area is 211 Å². The zero-order valence-electron chi connectivity index (χ0n) is 20.3. The van der Waals surface area contributed by atoms with E-state index in [0.717, 1.165) is 37.9 Å². The SMILES string of the molecule is COc1cccc(S(=O)(=O)Nc2ccc3c(c2)[C@@H]2C[C@H](CC(=O)N4CCCCC4)O[C@@H](CO)[C@@H]2O3)c1. The van der Waals surface area contributed by atoms with Crippen molar-refractivity contribution in [2.24, 2.45) is 0 Å². The first kappa shape index (κ1) is 24.9. The number of aliphatic hydroxyl groups is 1. The summed E-state index contributed by atoms with van der Waals surface area (Å²) >= 11 is 0. The molecule has 2 aromatic rings. The number of piperidine rings is 1. The molecule has 0 radical (unpaired) electrons. The molecule has 0 spiro atoms. The number of hydrogen-bond acceptors (Lipinski definition) is 7. The fourth-order valence-electron chi connectivity index (χ4n) is 5.40. The average molecular weight is 517 g/mol. The summed E-state index contributed by atoms with van der Waals surface area (Å²) in [7, 11) is -2.35. The number of nitrogens with one attached hydrogen (secondary N) is 1. The second-order valence-electron chi connectivity index (χ2n) is 9.59. The van der Waals surface area contributed by atoms with Gasteiger partial charge in [-0.05, 0) is 56.0 Å². The topological polar surface area (TPSA) is 114 Å². The molecule has 0 bridgehead atoms. The summed E-state index contributed by atoms with van der Waals surface area (Å²) in [6.07, 6.45) is 2.72. The van der Waals surface area contributed by atoms with Crippen LogP contribution >= 0.6 is 0 Å². The van der Waals surface area contributed by atoms with E-state index in [-0.39, 0.29) is 35.9 Å². The van der Waals surface area contributed by atoms with Crippen LogP contribution in [0.3, 0.4) is 0 Å². The van der Waals surface area contributed by atoms with Crippen LogP contribution in [0, 0.1) is 0 Å². The minimum absolute atomic E-state index is 0.0776. The van der Waals surface area contributed by atoms with Crippen LogP contribution in [-0.2, 0) is 19.6 Å². The fraction of sp³-hybridized carbons (Fsp3) is 0.500. The lowest BCUT2D eigenvalue weighted by atomic mass is 9.84. The third kappa shape index (κ3) is 5.02. The van der Waals surface area contributed by atoms with Crippen molar-refractivity contribution in [1.29, 1.82) is 0 Å². The Hall–Kier alpha value is -2.82. The second-order valence-corrected chi connectivity index (χ2v) is 11.3. The predicted octanol–water partition coefficient (Wildman–Crippen LogP) is 2.89. The maximum absolute atomic E-state index is 13.0. The average Bonchev–Trinajstić information content (AvgIpc) is 3.26. The molecule has 5 rings (SSSR count). The van der Waals surface area contributed by atoms with Crippen molar-refractivity contribution in [1.82, 2.24) is 4.90 Å². The van der Waals surface area contributed by atoms with Gasteiger partial charge in [-0.3, -0.25) is 9.52 Å². The van der Waals surface area contributed by atoms with E-state index in [9.17, 15) is 18.3 Å². The van der Waals surface area contributed by atoms with Crippen molar-refractivity contribution in [2.45, 2.75) is 61.2 Å². The van der Waals surface area contributed by atoms with Gasteiger partial charge < -0.3 is 24.2 Å². The molecule has 4 atom stereocenters. The number of likely N-dealkylation sites (tertiary alicyclic amines) is 1. The van der Waals surface area contributed by atoms with Crippen LogP contribution in [0.1, 0.15) is 43.6 Å². The van der Waals surface area contributed by atoms with Gasteiger partial charge in [-0.25, -0.2) is 8.42 Å². The summed E-state index contributed by atoms with van der Waals surface area (Å²) in [5.74, 6) is 1.05. The van der Waals surface area contributed by atoms with E-state index in [1.54, 1.807) is 30.3 Å². The van der Waals surface area contributed by atoms with Crippen molar-refractivity contribution in [3.05, 3.63) is 48.0 Å². The fourth-order valence-corrected chi connectivity index (χ4v) is 6.49. The molecular weight excluding hydrogens is 484 g/mol. The van der Waals surface area contributed by atoms with Crippen LogP contribution in [-0.4, -0.2) is 69.4 Å². The molecule has 194 valence electrons. The van der Waals surface area contributed by atoms with Crippen molar-refractivity contribution in [3.63, 3.8) is 0 Å². The number of nitrogens with zero attached hydrogens (tertiary/aromatic N) is 1. The summed E-state index contributed by atoms with van der Waals surface area (Å²) in [4.78, 5) is 14.9. The van der Waals surface area contributed by atoms with Crippen LogP contribution in [0.15, 0.2) is 47.4 Å². The van der Waals surface area contributed by atoms with Gasteiger partial charge in [-0.2, -0.15) is 0 Å². The standard InChI is InChI=1S/C26H32N2O7S/c1-33-18-6-5-7-20(13-18)36(31,32)27-17-8-9-23-21(12-17)22-14-19(34-24(16-29)26(22)35-23)15-25(30)28-10-3-2-4-11-28/h5-9,12-13,19,22,24,26-27,29H,2-4,10-11,14-16H2,1H3/t19-,22+,24+,26-/m1/s1. The van der Waals surface area contributed by atoms with E-state index < -0.39 is 22.2 Å². The number of hydrogen-bond donors (Lipinski definition) is 2. The van der Waals surface area contributed by atoms with Crippen molar-refractivity contribution in [3.8, 4) is 11.5 Å². The number of methoxy groups -OCH3 is 1. The van der Waals surface area contributed by atoms with E-state index >= 15 is 0 Å². The molecular formula is C26H32N2O7S. The summed E-state index contributed by atoms with van der Waals surface area (Å²) in [6, 6.07) is 11.4. The monoisotopic (exact) mass is 516 g/mol. The number of anilines is 1. The minimum Gasteiger partial charge on any atom is -0.497 e. The Bertz CT molecular complexity index is 1210. The van der Waals surface area contributed by atoms with Crippen molar-refractivity contribution >= 4 is 21.6 Å². The van der Waals surface area contributed by atoms with Crippen LogP contribution in [0.5, 0.6) is 11.5 Å². The molecule has 3 heterocycles. The van der Waals surface area contributed by atoms with Crippen molar-refractivity contribution < 1.29 is 32.5 Å². The molecule has 0 aliphatic carbocycles. The molecule has 2 saturated heterocycles. The molecule has 0 saturated carbocycles. The number of amides is 1. The maximum atomic E-state index is 13.0. The van der Waals surface area contributed by atoms with Gasteiger partial charge in [0.25, 0.3) is 10.0 Å². The lowest BCUT2D eigenvalue weighted by Gasteiger charge is -2.38. The van der Waals surface area contributed by atoms with Gasteiger partial charge in [-0.15, -0.1) is 0 Å². The first-order valence-electron chi connectivity index (χ1n) is 12.4. The Morgan fingerprint density at radius 3 is 2.72 bits per heavy atom. The number of benzene rings is 2. The summed E-state index contributed by atoms with van der Waals surface area (Å²) in [6.45, 7) is 1.34. The number of aliphatic hydroxyl groups excluding tert-OH is 1. The number of ether oxygens (including phenoxy) is 3. The van der Waals surface area contributed by atoms with Gasteiger partial charge in [0.2, 0.25) is 5.91 Å². The highest BCUT2D eigenvalue weighted by Gasteiger charge is 2.46. The molecule has 2 aromatic carbocycles. The van der Waals surface area contributed by atoms with Crippen molar-refractivity contribution in [2.75, 3.05) is 31.5 Å². The van der Waals surface area contributed by atoms with Crippen LogP contribution in [0.2, 0.25) is 0 Å². The van der Waals surface area contributed by atoms with Crippen LogP contribution in [0.25, 0.3) is 0 Å². The normalized spacial score (nSPS) is 25.4. The highest BCUT2D eigenvalue weighted by atomic mass is 32.2. The van der Waals surface area contributed by atoms with Gasteiger partial charge >= 0.3 is 0 Å². The molecule has 2 fully saturated rings.